The first kappa shape index (κ1) is 19.5. The van der Waals surface area contributed by atoms with Gasteiger partial charge in [-0.15, -0.1) is 0 Å². The van der Waals surface area contributed by atoms with E-state index in [4.69, 9.17) is 0 Å². The summed E-state index contributed by atoms with van der Waals surface area (Å²) in [5.74, 6) is -2.19. The lowest BCUT2D eigenvalue weighted by Gasteiger charge is -2.10. The van der Waals surface area contributed by atoms with E-state index in [1.165, 1.54) is 6.07 Å². The van der Waals surface area contributed by atoms with E-state index in [9.17, 15) is 22.8 Å². The first-order chi connectivity index (χ1) is 12.2. The number of hydrogen-bond acceptors (Lipinski definition) is 2. The molecule has 0 fully saturated rings. The fourth-order valence-corrected chi connectivity index (χ4v) is 2.28. The third-order valence-electron chi connectivity index (χ3n) is 3.68. The van der Waals surface area contributed by atoms with Crippen LogP contribution in [-0.2, 0) is 22.6 Å². The van der Waals surface area contributed by atoms with Crippen molar-refractivity contribution in [2.24, 2.45) is 0 Å². The van der Waals surface area contributed by atoms with Gasteiger partial charge in [0.25, 0.3) is 0 Å². The number of hydrogen-bond donors (Lipinski definition) is 2. The van der Waals surface area contributed by atoms with E-state index in [1.54, 1.807) is 23.5 Å². The lowest BCUT2D eigenvalue weighted by Crippen LogP contribution is -2.36. The Morgan fingerprint density at radius 2 is 1.69 bits per heavy atom. The van der Waals surface area contributed by atoms with Crippen LogP contribution >= 0.6 is 0 Å². The number of benzene rings is 2. The first-order valence-corrected chi connectivity index (χ1v) is 8.03. The van der Waals surface area contributed by atoms with Gasteiger partial charge in [-0.1, -0.05) is 42.0 Å². The quantitative estimate of drug-likeness (QED) is 0.820. The monoisotopic (exact) mass is 364 g/mol. The average molecular weight is 364 g/mol. The van der Waals surface area contributed by atoms with Crippen LogP contribution in [0.15, 0.2) is 48.5 Å². The molecule has 7 heteroatoms. The number of aryl methyl sites for hydroxylation is 2. The molecule has 0 atom stereocenters. The Balaban J connectivity index is 1.86. The summed E-state index contributed by atoms with van der Waals surface area (Å²) >= 11 is 0. The Labute approximate surface area is 149 Å². The van der Waals surface area contributed by atoms with Gasteiger partial charge in [-0.3, -0.25) is 9.59 Å². The minimum atomic E-state index is -4.91. The zero-order valence-corrected chi connectivity index (χ0v) is 14.2. The molecule has 2 aromatic carbocycles. The highest BCUT2D eigenvalue weighted by atomic mass is 19.4. The number of nitrogens with one attached hydrogen (secondary N) is 2. The lowest BCUT2D eigenvalue weighted by molar-refractivity contribution is -0.173. The molecule has 138 valence electrons. The molecule has 2 aromatic rings. The fraction of sp³-hybridized carbons (Fsp3) is 0.263. The van der Waals surface area contributed by atoms with Gasteiger partial charge in [-0.2, -0.15) is 13.2 Å². The van der Waals surface area contributed by atoms with E-state index in [2.05, 4.69) is 5.32 Å². The van der Waals surface area contributed by atoms with Gasteiger partial charge < -0.3 is 10.6 Å². The minimum absolute atomic E-state index is 0.193. The van der Waals surface area contributed by atoms with Crippen molar-refractivity contribution in [3.63, 3.8) is 0 Å². The minimum Gasteiger partial charge on any atom is -0.344 e. The maximum atomic E-state index is 12.2. The van der Waals surface area contributed by atoms with Gasteiger partial charge in [-0.05, 0) is 36.6 Å². The number of halogens is 3. The number of alkyl halides is 3. The van der Waals surface area contributed by atoms with Gasteiger partial charge in [0.1, 0.15) is 0 Å². The summed E-state index contributed by atoms with van der Waals surface area (Å²) in [4.78, 5) is 22.9. The van der Waals surface area contributed by atoms with Gasteiger partial charge in [0.15, 0.2) is 0 Å². The topological polar surface area (TPSA) is 58.2 Å². The van der Waals surface area contributed by atoms with Gasteiger partial charge >= 0.3 is 12.1 Å². The Morgan fingerprint density at radius 3 is 2.35 bits per heavy atom. The van der Waals surface area contributed by atoms with Crippen LogP contribution in [0.1, 0.15) is 23.1 Å². The highest BCUT2D eigenvalue weighted by Gasteiger charge is 2.38. The molecular formula is C19H19F3N2O2. The third kappa shape index (κ3) is 6.23. The van der Waals surface area contributed by atoms with Crippen LogP contribution in [0.4, 0.5) is 18.9 Å². The van der Waals surface area contributed by atoms with Crippen molar-refractivity contribution >= 4 is 17.5 Å². The maximum Gasteiger partial charge on any atom is 0.471 e. The Hall–Kier alpha value is -2.83. The number of amides is 2. The Kier molecular flexibility index (Phi) is 6.38. The molecule has 0 aliphatic carbocycles. The number of rotatable bonds is 6. The zero-order chi connectivity index (χ0) is 19.2. The van der Waals surface area contributed by atoms with Crippen molar-refractivity contribution in [2.75, 3.05) is 5.32 Å². The van der Waals surface area contributed by atoms with E-state index in [0.29, 0.717) is 17.7 Å². The van der Waals surface area contributed by atoms with Crippen molar-refractivity contribution in [3.8, 4) is 0 Å². The summed E-state index contributed by atoms with van der Waals surface area (Å²) in [7, 11) is 0. The second-order valence-corrected chi connectivity index (χ2v) is 5.91. The van der Waals surface area contributed by atoms with E-state index in [0.717, 1.165) is 11.1 Å². The number of anilines is 1. The third-order valence-corrected chi connectivity index (χ3v) is 3.68. The molecule has 0 radical (unpaired) electrons. The molecule has 0 aliphatic rings. The molecule has 0 saturated heterocycles. The van der Waals surface area contributed by atoms with Crippen molar-refractivity contribution in [2.45, 2.75) is 32.5 Å². The van der Waals surface area contributed by atoms with Crippen LogP contribution in [0.2, 0.25) is 0 Å². The van der Waals surface area contributed by atoms with E-state index >= 15 is 0 Å². The predicted molar refractivity (Wildman–Crippen MR) is 92.5 cm³/mol. The molecule has 4 nitrogen and oxygen atoms in total. The van der Waals surface area contributed by atoms with Gasteiger partial charge in [0, 0.05) is 18.7 Å². The second kappa shape index (κ2) is 8.51. The fourth-order valence-electron chi connectivity index (χ4n) is 2.28. The van der Waals surface area contributed by atoms with Crippen LogP contribution in [0.25, 0.3) is 0 Å². The van der Waals surface area contributed by atoms with Crippen molar-refractivity contribution in [1.82, 2.24) is 5.32 Å². The van der Waals surface area contributed by atoms with Gasteiger partial charge in [-0.25, -0.2) is 0 Å². The molecule has 2 rings (SSSR count). The summed E-state index contributed by atoms with van der Waals surface area (Å²) < 4.78 is 36.5. The lowest BCUT2D eigenvalue weighted by atomic mass is 10.1. The maximum absolute atomic E-state index is 12.2. The zero-order valence-electron chi connectivity index (χ0n) is 14.2. The summed E-state index contributed by atoms with van der Waals surface area (Å²) in [5, 5.41) is 4.50. The largest absolute Gasteiger partial charge is 0.471 e. The summed E-state index contributed by atoms with van der Waals surface area (Å²) in [5.41, 5.74) is 3.12. The van der Waals surface area contributed by atoms with Crippen LogP contribution in [0, 0.1) is 6.92 Å². The average Bonchev–Trinajstić information content (AvgIpc) is 2.58. The van der Waals surface area contributed by atoms with E-state index < -0.39 is 12.1 Å². The first-order valence-electron chi connectivity index (χ1n) is 8.03. The van der Waals surface area contributed by atoms with Gasteiger partial charge in [0.2, 0.25) is 5.91 Å². The smallest absolute Gasteiger partial charge is 0.344 e. The van der Waals surface area contributed by atoms with E-state index in [1.807, 2.05) is 31.2 Å². The molecule has 2 N–H and O–H groups in total. The molecule has 0 unspecified atom stereocenters. The molecule has 0 bridgehead atoms. The molecule has 0 aliphatic heterocycles. The van der Waals surface area contributed by atoms with Crippen LogP contribution in [0.3, 0.4) is 0 Å². The van der Waals surface area contributed by atoms with Crippen LogP contribution in [-0.4, -0.2) is 18.0 Å². The molecule has 0 saturated carbocycles. The standard InChI is InChI=1S/C19H19F3N2O2/c1-13-5-7-14(8-6-13)9-10-17(25)24-16-4-2-3-15(11-16)12-23-18(26)19(20,21)22/h2-8,11H,9-10,12H2,1H3,(H,23,26)(H,24,25). The van der Waals surface area contributed by atoms with E-state index in [-0.39, 0.29) is 18.9 Å². The molecule has 0 spiro atoms. The molecule has 0 aromatic heterocycles. The highest BCUT2D eigenvalue weighted by Crippen LogP contribution is 2.16. The van der Waals surface area contributed by atoms with Crippen molar-refractivity contribution in [3.05, 3.63) is 65.2 Å². The Morgan fingerprint density at radius 1 is 1.00 bits per heavy atom. The molecular weight excluding hydrogens is 345 g/mol. The molecule has 0 heterocycles. The number of carbonyl (C=O) groups excluding carboxylic acids is 2. The predicted octanol–water partition coefficient (Wildman–Crippen LogP) is 3.74. The normalized spacial score (nSPS) is 11.1. The van der Waals surface area contributed by atoms with Crippen LogP contribution < -0.4 is 10.6 Å². The Bertz CT molecular complexity index is 771. The van der Waals surface area contributed by atoms with Crippen molar-refractivity contribution < 1.29 is 22.8 Å². The summed E-state index contributed by atoms with van der Waals surface area (Å²) in [6, 6.07) is 14.2. The molecule has 2 amide bonds. The van der Waals surface area contributed by atoms with Gasteiger partial charge in [0.05, 0.1) is 0 Å². The van der Waals surface area contributed by atoms with Crippen molar-refractivity contribution in [1.29, 1.82) is 0 Å². The summed E-state index contributed by atoms with van der Waals surface area (Å²) in [6.07, 6.45) is -4.03. The number of carbonyl (C=O) groups is 2. The van der Waals surface area contributed by atoms with Crippen LogP contribution in [0.5, 0.6) is 0 Å². The molecule has 26 heavy (non-hydrogen) atoms. The second-order valence-electron chi connectivity index (χ2n) is 5.91. The SMILES string of the molecule is Cc1ccc(CCC(=O)Nc2cccc(CNC(=O)C(F)(F)F)c2)cc1. The summed E-state index contributed by atoms with van der Waals surface area (Å²) in [6.45, 7) is 1.71. The highest BCUT2D eigenvalue weighted by molar-refractivity contribution is 5.90.